The number of nitrogens with one attached hydrogen (secondary N) is 1. The second-order valence-corrected chi connectivity index (χ2v) is 6.76. The number of carbonyl (C=O) groups is 1. The van der Waals surface area contributed by atoms with Crippen LogP contribution in [0.15, 0.2) is 47.4 Å². The Kier molecular flexibility index (Phi) is 4.82. The first-order chi connectivity index (χ1) is 10.7. The van der Waals surface area contributed by atoms with E-state index in [1.54, 1.807) is 25.1 Å². The van der Waals surface area contributed by atoms with Gasteiger partial charge in [0.1, 0.15) is 5.82 Å². The Morgan fingerprint density at radius 3 is 2.48 bits per heavy atom. The summed E-state index contributed by atoms with van der Waals surface area (Å²) in [6.07, 6.45) is 0. The minimum Gasteiger partial charge on any atom is -0.378 e. The van der Waals surface area contributed by atoms with E-state index >= 15 is 0 Å². The maximum atomic E-state index is 13.8. The number of anilines is 1. The maximum Gasteiger partial charge on any atom is 0.238 e. The van der Waals surface area contributed by atoms with Crippen LogP contribution in [-0.2, 0) is 10.0 Å². The van der Waals surface area contributed by atoms with E-state index in [0.717, 1.165) is 0 Å². The van der Waals surface area contributed by atoms with Crippen LogP contribution in [-0.4, -0.2) is 14.2 Å². The van der Waals surface area contributed by atoms with Gasteiger partial charge < -0.3 is 5.32 Å². The monoisotopic (exact) mass is 336 g/mol. The molecule has 2 aromatic rings. The van der Waals surface area contributed by atoms with Crippen molar-refractivity contribution in [3.8, 4) is 0 Å². The number of primary sulfonamides is 1. The van der Waals surface area contributed by atoms with Gasteiger partial charge in [0.25, 0.3) is 0 Å². The third kappa shape index (κ3) is 3.94. The van der Waals surface area contributed by atoms with Crippen LogP contribution in [0.1, 0.15) is 35.8 Å². The largest absolute Gasteiger partial charge is 0.378 e. The molecule has 3 N–H and O–H groups in total. The third-order valence-corrected chi connectivity index (χ3v) is 4.34. The van der Waals surface area contributed by atoms with Gasteiger partial charge in [0.15, 0.2) is 5.78 Å². The number of benzene rings is 2. The van der Waals surface area contributed by atoms with Crippen LogP contribution in [0.2, 0.25) is 0 Å². The van der Waals surface area contributed by atoms with Crippen LogP contribution in [0.4, 0.5) is 10.1 Å². The molecule has 1 atom stereocenters. The van der Waals surface area contributed by atoms with Gasteiger partial charge in [-0.05, 0) is 43.7 Å². The fourth-order valence-corrected chi connectivity index (χ4v) is 2.85. The highest BCUT2D eigenvalue weighted by molar-refractivity contribution is 7.89. The first-order valence-electron chi connectivity index (χ1n) is 6.89. The molecule has 2 rings (SSSR count). The number of nitrogens with two attached hydrogens (primary N) is 1. The number of sulfonamides is 1. The molecule has 0 spiro atoms. The summed E-state index contributed by atoms with van der Waals surface area (Å²) in [5.74, 6) is -0.996. The molecule has 0 saturated heterocycles. The molecule has 23 heavy (non-hydrogen) atoms. The zero-order chi connectivity index (χ0) is 17.2. The smallest absolute Gasteiger partial charge is 0.238 e. The van der Waals surface area contributed by atoms with Crippen molar-refractivity contribution in [1.82, 2.24) is 0 Å². The van der Waals surface area contributed by atoms with Crippen molar-refractivity contribution in [2.24, 2.45) is 5.14 Å². The first kappa shape index (κ1) is 17.1. The van der Waals surface area contributed by atoms with Crippen LogP contribution in [0.5, 0.6) is 0 Å². The van der Waals surface area contributed by atoms with Crippen molar-refractivity contribution in [3.63, 3.8) is 0 Å². The molecule has 0 heterocycles. The van der Waals surface area contributed by atoms with Gasteiger partial charge in [0, 0.05) is 11.7 Å². The van der Waals surface area contributed by atoms with Crippen LogP contribution in [0.3, 0.4) is 0 Å². The minimum atomic E-state index is -3.80. The highest BCUT2D eigenvalue weighted by Gasteiger charge is 2.16. The van der Waals surface area contributed by atoms with Crippen molar-refractivity contribution >= 4 is 21.5 Å². The van der Waals surface area contributed by atoms with Crippen LogP contribution >= 0.6 is 0 Å². The number of ketones is 1. The van der Waals surface area contributed by atoms with E-state index in [2.05, 4.69) is 5.32 Å². The Labute approximate surface area is 134 Å². The quantitative estimate of drug-likeness (QED) is 0.822. The van der Waals surface area contributed by atoms with Gasteiger partial charge in [0.05, 0.1) is 10.5 Å². The molecule has 5 nitrogen and oxygen atoms in total. The van der Waals surface area contributed by atoms with Gasteiger partial charge in [-0.3, -0.25) is 4.79 Å². The zero-order valence-electron chi connectivity index (χ0n) is 12.7. The molecule has 2 aromatic carbocycles. The Morgan fingerprint density at radius 2 is 1.87 bits per heavy atom. The van der Waals surface area contributed by atoms with E-state index in [1.807, 2.05) is 0 Å². The molecule has 0 amide bonds. The molecular formula is C16H17FN2O3S. The molecular weight excluding hydrogens is 319 g/mol. The molecule has 0 aliphatic heterocycles. The highest BCUT2D eigenvalue weighted by Crippen LogP contribution is 2.25. The number of rotatable bonds is 5. The first-order valence-corrected chi connectivity index (χ1v) is 8.43. The second-order valence-electron chi connectivity index (χ2n) is 5.20. The standard InChI is InChI=1S/C16H17FN2O3S/c1-10(12-5-3-6-13(9-12)23(18,21)22)19-15-8-4-7-14(17)16(15)11(2)20/h3-10,19H,1-2H3,(H2,18,21,22). The molecule has 122 valence electrons. The van der Waals surface area contributed by atoms with E-state index in [9.17, 15) is 17.6 Å². The average molecular weight is 336 g/mol. The lowest BCUT2D eigenvalue weighted by Gasteiger charge is -2.18. The Hall–Kier alpha value is -2.25. The fraction of sp³-hybridized carbons (Fsp3) is 0.188. The van der Waals surface area contributed by atoms with Crippen molar-refractivity contribution in [2.45, 2.75) is 24.8 Å². The molecule has 1 unspecified atom stereocenters. The molecule has 0 fully saturated rings. The van der Waals surface area contributed by atoms with Gasteiger partial charge >= 0.3 is 0 Å². The number of halogens is 1. The summed E-state index contributed by atoms with van der Waals surface area (Å²) in [6.45, 7) is 3.06. The van der Waals surface area contributed by atoms with Crippen LogP contribution < -0.4 is 10.5 Å². The van der Waals surface area contributed by atoms with Crippen molar-refractivity contribution in [1.29, 1.82) is 0 Å². The Balaban J connectivity index is 2.36. The molecule has 0 aliphatic carbocycles. The van der Waals surface area contributed by atoms with E-state index in [0.29, 0.717) is 11.3 Å². The summed E-state index contributed by atoms with van der Waals surface area (Å²) in [5, 5.41) is 8.15. The molecule has 0 bridgehead atoms. The zero-order valence-corrected chi connectivity index (χ0v) is 13.5. The van der Waals surface area contributed by atoms with Gasteiger partial charge in [-0.1, -0.05) is 18.2 Å². The third-order valence-electron chi connectivity index (χ3n) is 3.42. The molecule has 0 aromatic heterocycles. The molecule has 0 saturated carbocycles. The summed E-state index contributed by atoms with van der Waals surface area (Å²) in [7, 11) is -3.80. The molecule has 7 heteroatoms. The number of hydrogen-bond donors (Lipinski definition) is 2. The molecule has 0 radical (unpaired) electrons. The topological polar surface area (TPSA) is 89.3 Å². The Morgan fingerprint density at radius 1 is 1.22 bits per heavy atom. The number of Topliss-reactive ketones (excluding diaryl/α,β-unsaturated/α-hetero) is 1. The summed E-state index contributed by atoms with van der Waals surface area (Å²) in [5.41, 5.74) is 0.975. The van der Waals surface area contributed by atoms with E-state index in [4.69, 9.17) is 5.14 Å². The summed E-state index contributed by atoms with van der Waals surface area (Å²) >= 11 is 0. The van der Waals surface area contributed by atoms with Crippen LogP contribution in [0.25, 0.3) is 0 Å². The number of hydrogen-bond acceptors (Lipinski definition) is 4. The SMILES string of the molecule is CC(=O)c1c(F)cccc1NC(C)c1cccc(S(N)(=O)=O)c1. The second kappa shape index (κ2) is 6.47. The van der Waals surface area contributed by atoms with Crippen LogP contribution in [0, 0.1) is 5.82 Å². The van der Waals surface area contributed by atoms with Gasteiger partial charge in [-0.2, -0.15) is 0 Å². The predicted octanol–water partition coefficient (Wildman–Crippen LogP) is 2.85. The average Bonchev–Trinajstić information content (AvgIpc) is 2.46. The summed E-state index contributed by atoms with van der Waals surface area (Å²) < 4.78 is 36.7. The van der Waals surface area contributed by atoms with E-state index in [-0.39, 0.29) is 16.5 Å². The normalized spacial score (nSPS) is 12.7. The fourth-order valence-electron chi connectivity index (χ4n) is 2.28. The minimum absolute atomic E-state index is 0.00492. The lowest BCUT2D eigenvalue weighted by atomic mass is 10.1. The van der Waals surface area contributed by atoms with Gasteiger partial charge in [-0.25, -0.2) is 17.9 Å². The van der Waals surface area contributed by atoms with E-state index in [1.165, 1.54) is 31.2 Å². The molecule has 0 aliphatic rings. The summed E-state index contributed by atoms with van der Waals surface area (Å²) in [4.78, 5) is 11.6. The van der Waals surface area contributed by atoms with Gasteiger partial charge in [-0.15, -0.1) is 0 Å². The lowest BCUT2D eigenvalue weighted by Crippen LogP contribution is -2.14. The van der Waals surface area contributed by atoms with Crippen molar-refractivity contribution in [3.05, 3.63) is 59.4 Å². The number of carbonyl (C=O) groups excluding carboxylic acids is 1. The van der Waals surface area contributed by atoms with E-state index < -0.39 is 21.6 Å². The van der Waals surface area contributed by atoms with Crippen molar-refractivity contribution < 1.29 is 17.6 Å². The van der Waals surface area contributed by atoms with Gasteiger partial charge in [0.2, 0.25) is 10.0 Å². The highest BCUT2D eigenvalue weighted by atomic mass is 32.2. The predicted molar refractivity (Wildman–Crippen MR) is 86.3 cm³/mol. The van der Waals surface area contributed by atoms with Crippen molar-refractivity contribution in [2.75, 3.05) is 5.32 Å². The maximum absolute atomic E-state index is 13.8. The lowest BCUT2D eigenvalue weighted by molar-refractivity contribution is 0.101. The summed E-state index contributed by atoms with van der Waals surface area (Å²) in [6, 6.07) is 10.1. The Bertz CT molecular complexity index is 850.